The highest BCUT2D eigenvalue weighted by atomic mass is 16.7. The Morgan fingerprint density at radius 1 is 1.50 bits per heavy atom. The number of carboxylic acids is 1. The predicted octanol–water partition coefficient (Wildman–Crippen LogP) is -2.58. The summed E-state index contributed by atoms with van der Waals surface area (Å²) in [5.41, 5.74) is 4.82. The van der Waals surface area contributed by atoms with Crippen LogP contribution >= 0.6 is 0 Å². The first-order valence-corrected chi connectivity index (χ1v) is 2.48. The summed E-state index contributed by atoms with van der Waals surface area (Å²) in [7, 11) is 0. The van der Waals surface area contributed by atoms with Gasteiger partial charge in [-0.3, -0.25) is 4.79 Å². The van der Waals surface area contributed by atoms with Crippen LogP contribution in [0.1, 0.15) is 6.42 Å². The van der Waals surface area contributed by atoms with Crippen molar-refractivity contribution in [3.63, 3.8) is 0 Å². The lowest BCUT2D eigenvalue weighted by Gasteiger charge is -2.15. The van der Waals surface area contributed by atoms with Gasteiger partial charge in [0.15, 0.2) is 0 Å². The molecule has 0 saturated carbocycles. The minimum Gasteiger partial charge on any atom is -0.480 e. The maximum absolute atomic E-state index is 9.92. The second-order valence-electron chi connectivity index (χ2n) is 1.92. The quantitative estimate of drug-likeness (QED) is 0.282. The maximum Gasteiger partial charge on any atom is 0.320 e. The molecule has 0 aromatic heterocycles. The number of hydrogen-bond acceptors (Lipinski definition) is 5. The minimum absolute atomic E-state index is 0.817. The molecular formula is C4H9NO5. The second-order valence-corrected chi connectivity index (χ2v) is 1.92. The maximum atomic E-state index is 9.92. The fourth-order valence-electron chi connectivity index (χ4n) is 0.382. The van der Waals surface area contributed by atoms with Crippen molar-refractivity contribution in [2.75, 3.05) is 0 Å². The van der Waals surface area contributed by atoms with E-state index in [4.69, 9.17) is 26.2 Å². The lowest BCUT2D eigenvalue weighted by Crippen LogP contribution is -2.41. The van der Waals surface area contributed by atoms with Gasteiger partial charge in [0.2, 0.25) is 0 Å². The van der Waals surface area contributed by atoms with Gasteiger partial charge in [0.25, 0.3) is 5.97 Å². The average Bonchev–Trinajstić information content (AvgIpc) is 1.60. The van der Waals surface area contributed by atoms with Gasteiger partial charge in [0.1, 0.15) is 6.04 Å². The first kappa shape index (κ1) is 9.31. The fraction of sp³-hybridized carbons (Fsp3) is 0.750. The molecule has 0 fully saturated rings. The Kier molecular flexibility index (Phi) is 2.73. The van der Waals surface area contributed by atoms with Crippen LogP contribution in [0.25, 0.3) is 0 Å². The summed E-state index contributed by atoms with van der Waals surface area (Å²) in [4.78, 5) is 9.92. The summed E-state index contributed by atoms with van der Waals surface area (Å²) in [6.45, 7) is 0. The molecule has 60 valence electrons. The van der Waals surface area contributed by atoms with Gasteiger partial charge in [-0.1, -0.05) is 0 Å². The third kappa shape index (κ3) is 4.21. The van der Waals surface area contributed by atoms with Gasteiger partial charge >= 0.3 is 5.97 Å². The van der Waals surface area contributed by atoms with Crippen molar-refractivity contribution in [3.8, 4) is 0 Å². The molecule has 6 N–H and O–H groups in total. The van der Waals surface area contributed by atoms with E-state index in [9.17, 15) is 4.79 Å². The molecule has 0 aliphatic heterocycles. The van der Waals surface area contributed by atoms with E-state index in [-0.39, 0.29) is 0 Å². The van der Waals surface area contributed by atoms with Crippen LogP contribution in [-0.4, -0.2) is 38.4 Å². The molecule has 0 aliphatic rings. The molecule has 0 bridgehead atoms. The molecule has 0 radical (unpaired) electrons. The van der Waals surface area contributed by atoms with Gasteiger partial charge in [0.05, 0.1) is 6.42 Å². The van der Waals surface area contributed by atoms with Crippen LogP contribution in [0.4, 0.5) is 0 Å². The monoisotopic (exact) mass is 151 g/mol. The van der Waals surface area contributed by atoms with E-state index >= 15 is 0 Å². The van der Waals surface area contributed by atoms with Crippen LogP contribution < -0.4 is 5.73 Å². The van der Waals surface area contributed by atoms with Crippen LogP contribution in [0.15, 0.2) is 0 Å². The number of nitrogens with two attached hydrogens (primary N) is 1. The highest BCUT2D eigenvalue weighted by molar-refractivity contribution is 5.73. The van der Waals surface area contributed by atoms with E-state index in [1.807, 2.05) is 0 Å². The van der Waals surface area contributed by atoms with Gasteiger partial charge in [0, 0.05) is 0 Å². The number of hydrogen-bond donors (Lipinski definition) is 5. The highest BCUT2D eigenvalue weighted by Crippen LogP contribution is 2.02. The zero-order valence-corrected chi connectivity index (χ0v) is 5.06. The van der Waals surface area contributed by atoms with Gasteiger partial charge in [-0.15, -0.1) is 0 Å². The summed E-state index contributed by atoms with van der Waals surface area (Å²) in [5.74, 6) is -4.40. The molecule has 0 unspecified atom stereocenters. The van der Waals surface area contributed by atoms with Crippen molar-refractivity contribution in [2.24, 2.45) is 5.73 Å². The van der Waals surface area contributed by atoms with Crippen LogP contribution in [-0.2, 0) is 4.79 Å². The molecule has 0 amide bonds. The standard InChI is InChI=1S/C4H9NO5/c5-2(3(6)7)1-4(8,9)10/h2,8-10H,1,5H2,(H,6,7)/t2-/m0/s1. The van der Waals surface area contributed by atoms with Gasteiger partial charge in [-0.2, -0.15) is 0 Å². The Morgan fingerprint density at radius 3 is 2.00 bits per heavy atom. The Balaban J connectivity index is 3.80. The Bertz CT molecular complexity index is 128. The first-order chi connectivity index (χ1) is 4.33. The van der Waals surface area contributed by atoms with Crippen molar-refractivity contribution in [2.45, 2.75) is 18.4 Å². The van der Waals surface area contributed by atoms with Gasteiger partial charge < -0.3 is 26.2 Å². The second kappa shape index (κ2) is 2.93. The van der Waals surface area contributed by atoms with Crippen LogP contribution in [0, 0.1) is 0 Å². The molecule has 0 heterocycles. The molecule has 1 atom stereocenters. The summed E-state index contributed by atoms with van der Waals surface area (Å²) >= 11 is 0. The van der Waals surface area contributed by atoms with E-state index in [2.05, 4.69) is 0 Å². The van der Waals surface area contributed by atoms with Crippen molar-refractivity contribution < 1.29 is 25.2 Å². The average molecular weight is 151 g/mol. The summed E-state index contributed by atoms with van der Waals surface area (Å²) in [6, 6.07) is -1.47. The molecule has 6 heteroatoms. The predicted molar refractivity (Wildman–Crippen MR) is 29.6 cm³/mol. The Hall–Kier alpha value is -0.690. The van der Waals surface area contributed by atoms with Crippen molar-refractivity contribution in [1.29, 1.82) is 0 Å². The van der Waals surface area contributed by atoms with Crippen molar-refractivity contribution >= 4 is 5.97 Å². The smallest absolute Gasteiger partial charge is 0.320 e. The lowest BCUT2D eigenvalue weighted by molar-refractivity contribution is -0.315. The fourth-order valence-corrected chi connectivity index (χ4v) is 0.382. The normalized spacial score (nSPS) is 14.8. The number of carboxylic acid groups (broad SMARTS) is 1. The Labute approximate surface area is 56.5 Å². The number of carbonyl (C=O) groups is 1. The van der Waals surface area contributed by atoms with E-state index in [0.29, 0.717) is 0 Å². The first-order valence-electron chi connectivity index (χ1n) is 2.48. The summed E-state index contributed by atoms with van der Waals surface area (Å²) in [5, 5.41) is 32.7. The largest absolute Gasteiger partial charge is 0.480 e. The lowest BCUT2D eigenvalue weighted by atomic mass is 10.2. The van der Waals surface area contributed by atoms with Gasteiger partial charge in [-0.25, -0.2) is 0 Å². The molecule has 0 aromatic rings. The molecule has 0 aliphatic carbocycles. The van der Waals surface area contributed by atoms with Crippen LogP contribution in [0.2, 0.25) is 0 Å². The summed E-state index contributed by atoms with van der Waals surface area (Å²) < 4.78 is 0. The number of aliphatic hydroxyl groups is 3. The molecule has 6 nitrogen and oxygen atoms in total. The van der Waals surface area contributed by atoms with E-state index in [1.165, 1.54) is 0 Å². The van der Waals surface area contributed by atoms with Crippen LogP contribution in [0.5, 0.6) is 0 Å². The highest BCUT2D eigenvalue weighted by Gasteiger charge is 2.26. The third-order valence-electron chi connectivity index (χ3n) is 0.811. The molecule has 0 aromatic carbocycles. The molecule has 0 spiro atoms. The number of rotatable bonds is 3. The van der Waals surface area contributed by atoms with Crippen molar-refractivity contribution in [1.82, 2.24) is 0 Å². The minimum atomic E-state index is -3.00. The van der Waals surface area contributed by atoms with Gasteiger partial charge in [-0.05, 0) is 0 Å². The molecular weight excluding hydrogens is 142 g/mol. The van der Waals surface area contributed by atoms with E-state index in [0.717, 1.165) is 0 Å². The third-order valence-corrected chi connectivity index (χ3v) is 0.811. The van der Waals surface area contributed by atoms with Crippen LogP contribution in [0.3, 0.4) is 0 Å². The SMILES string of the molecule is N[C@@H](CC(O)(O)O)C(=O)O. The Morgan fingerprint density at radius 2 is 1.90 bits per heavy atom. The van der Waals surface area contributed by atoms with E-state index < -0.39 is 24.4 Å². The zero-order valence-electron chi connectivity index (χ0n) is 5.06. The number of aliphatic carboxylic acids is 1. The zero-order chi connectivity index (χ0) is 8.36. The van der Waals surface area contributed by atoms with E-state index in [1.54, 1.807) is 0 Å². The topological polar surface area (TPSA) is 124 Å². The molecule has 0 rings (SSSR count). The molecule has 10 heavy (non-hydrogen) atoms. The summed E-state index contributed by atoms with van der Waals surface area (Å²) in [6.07, 6.45) is -0.817. The van der Waals surface area contributed by atoms with Crippen molar-refractivity contribution in [3.05, 3.63) is 0 Å². The molecule has 0 saturated heterocycles.